The fourth-order valence-corrected chi connectivity index (χ4v) is 6.29. The molecule has 0 aliphatic heterocycles. The van der Waals surface area contributed by atoms with Gasteiger partial charge in [0.25, 0.3) is 0 Å². The zero-order chi connectivity index (χ0) is 35.4. The lowest BCUT2D eigenvalue weighted by molar-refractivity contribution is -0.117. The van der Waals surface area contributed by atoms with Gasteiger partial charge in [-0.15, -0.1) is 0 Å². The molecular weight excluding hydrogens is 604 g/mol. The molecule has 0 bridgehead atoms. The quantitative estimate of drug-likeness (QED) is 0.0808. The van der Waals surface area contributed by atoms with Crippen LogP contribution in [-0.4, -0.2) is 61.9 Å². The van der Waals surface area contributed by atoms with Crippen molar-refractivity contribution < 1.29 is 9.59 Å². The molecule has 0 unspecified atom stereocenters. The van der Waals surface area contributed by atoms with Gasteiger partial charge in [-0.25, -0.2) is 0 Å². The molecule has 0 heterocycles. The van der Waals surface area contributed by atoms with Gasteiger partial charge in [-0.2, -0.15) is 0 Å². The van der Waals surface area contributed by atoms with E-state index in [4.69, 9.17) is 0 Å². The minimum Gasteiger partial charge on any atom is -0.326 e. The van der Waals surface area contributed by atoms with E-state index in [0.717, 1.165) is 44.0 Å². The summed E-state index contributed by atoms with van der Waals surface area (Å²) >= 11 is 0. The molecule has 2 amide bonds. The number of benzene rings is 2. The molecule has 2 aromatic carbocycles. The van der Waals surface area contributed by atoms with E-state index in [2.05, 4.69) is 72.6 Å². The van der Waals surface area contributed by atoms with Crippen LogP contribution in [0.2, 0.25) is 0 Å². The largest absolute Gasteiger partial charge is 0.326 e. The molecule has 0 saturated heterocycles. The van der Waals surface area contributed by atoms with Crippen LogP contribution in [0.5, 0.6) is 0 Å². The first-order valence-corrected chi connectivity index (χ1v) is 20.0. The number of hydrogen-bond donors (Lipinski definition) is 2. The Balaban J connectivity index is 1.56. The van der Waals surface area contributed by atoms with Gasteiger partial charge in [0.05, 0.1) is 0 Å². The zero-order valence-electron chi connectivity index (χ0n) is 32.0. The minimum atomic E-state index is 0.0646. The van der Waals surface area contributed by atoms with Gasteiger partial charge in [0, 0.05) is 37.3 Å². The third-order valence-electron chi connectivity index (χ3n) is 9.61. The summed E-state index contributed by atoms with van der Waals surface area (Å²) in [5.74, 6) is 0.129. The molecule has 0 radical (unpaired) electrons. The average molecular weight is 677 g/mol. The van der Waals surface area contributed by atoms with E-state index >= 15 is 0 Å². The molecular formula is C43H72N4O2. The normalized spacial score (nSPS) is 11.4. The summed E-state index contributed by atoms with van der Waals surface area (Å²) in [6, 6.07) is 16.2. The van der Waals surface area contributed by atoms with Crippen LogP contribution in [0.15, 0.2) is 48.5 Å². The van der Waals surface area contributed by atoms with Crippen molar-refractivity contribution in [2.75, 3.05) is 50.9 Å². The van der Waals surface area contributed by atoms with Gasteiger partial charge in [-0.05, 0) is 81.8 Å². The molecule has 0 aliphatic carbocycles. The summed E-state index contributed by atoms with van der Waals surface area (Å²) in [5.41, 5.74) is 4.05. The van der Waals surface area contributed by atoms with E-state index in [-0.39, 0.29) is 11.8 Å². The van der Waals surface area contributed by atoms with Gasteiger partial charge >= 0.3 is 0 Å². The zero-order valence-corrected chi connectivity index (χ0v) is 32.0. The lowest BCUT2D eigenvalue weighted by Crippen LogP contribution is -2.25. The Bertz CT molecular complexity index is 1010. The number of unbranched alkanes of at least 4 members (excludes halogenated alkanes) is 16. The highest BCUT2D eigenvalue weighted by molar-refractivity contribution is 5.91. The Kier molecular flexibility index (Phi) is 24.3. The number of hydrogen-bond acceptors (Lipinski definition) is 4. The number of anilines is 2. The van der Waals surface area contributed by atoms with Gasteiger partial charge in [-0.3, -0.25) is 9.59 Å². The Hall–Kier alpha value is -2.70. The first-order valence-electron chi connectivity index (χ1n) is 20.0. The number of carbonyl (C=O) groups is 2. The third-order valence-corrected chi connectivity index (χ3v) is 9.61. The van der Waals surface area contributed by atoms with Gasteiger partial charge in [0.1, 0.15) is 0 Å². The van der Waals surface area contributed by atoms with E-state index in [0.29, 0.717) is 12.8 Å². The SMILES string of the molecule is CCCCCCCCCCCN(C)CCC(=O)Nc1ccc(Cc2ccc(NC(=O)CCN(C)CCCCCCCCCCC)cc2)cc1. The van der Waals surface area contributed by atoms with E-state index < -0.39 is 0 Å². The molecule has 6 nitrogen and oxygen atoms in total. The average Bonchev–Trinajstić information content (AvgIpc) is 3.10. The van der Waals surface area contributed by atoms with E-state index in [1.54, 1.807) is 0 Å². The Morgan fingerprint density at radius 2 is 0.755 bits per heavy atom. The molecule has 0 aliphatic rings. The van der Waals surface area contributed by atoms with Gasteiger partial charge in [-0.1, -0.05) is 141 Å². The second-order valence-electron chi connectivity index (χ2n) is 14.4. The summed E-state index contributed by atoms with van der Waals surface area (Å²) in [6.45, 7) is 8.22. The highest BCUT2D eigenvalue weighted by Crippen LogP contribution is 2.17. The molecule has 2 rings (SSSR count). The fraction of sp³-hybridized carbons (Fsp3) is 0.674. The molecule has 6 heteroatoms. The maximum Gasteiger partial charge on any atom is 0.225 e. The molecule has 276 valence electrons. The second-order valence-corrected chi connectivity index (χ2v) is 14.4. The molecule has 2 N–H and O–H groups in total. The fourth-order valence-electron chi connectivity index (χ4n) is 6.29. The van der Waals surface area contributed by atoms with Crippen molar-refractivity contribution in [1.82, 2.24) is 9.80 Å². The number of rotatable bonds is 30. The molecule has 0 fully saturated rings. The smallest absolute Gasteiger partial charge is 0.225 e. The maximum atomic E-state index is 12.5. The van der Waals surface area contributed by atoms with Crippen molar-refractivity contribution in [2.24, 2.45) is 0 Å². The molecule has 0 atom stereocenters. The van der Waals surface area contributed by atoms with Crippen LogP contribution >= 0.6 is 0 Å². The molecule has 0 saturated carbocycles. The monoisotopic (exact) mass is 677 g/mol. The second kappa shape index (κ2) is 28.0. The van der Waals surface area contributed by atoms with E-state index in [1.165, 1.54) is 127 Å². The summed E-state index contributed by atoms with van der Waals surface area (Å²) in [5, 5.41) is 6.10. The molecule has 2 aromatic rings. The van der Waals surface area contributed by atoms with Crippen molar-refractivity contribution in [3.63, 3.8) is 0 Å². The van der Waals surface area contributed by atoms with Crippen LogP contribution < -0.4 is 10.6 Å². The van der Waals surface area contributed by atoms with Gasteiger partial charge in [0.2, 0.25) is 11.8 Å². The predicted octanol–water partition coefficient (Wildman–Crippen LogP) is 10.9. The van der Waals surface area contributed by atoms with Crippen LogP contribution in [0.1, 0.15) is 153 Å². The van der Waals surface area contributed by atoms with Crippen molar-refractivity contribution >= 4 is 23.2 Å². The van der Waals surface area contributed by atoms with Crippen molar-refractivity contribution in [3.8, 4) is 0 Å². The molecule has 0 aromatic heterocycles. The van der Waals surface area contributed by atoms with Crippen LogP contribution in [-0.2, 0) is 16.0 Å². The number of carbonyl (C=O) groups excluding carboxylic acids is 2. The minimum absolute atomic E-state index is 0.0646. The summed E-state index contributed by atoms with van der Waals surface area (Å²) in [4.78, 5) is 29.6. The van der Waals surface area contributed by atoms with Gasteiger partial charge in [0.15, 0.2) is 0 Å². The van der Waals surface area contributed by atoms with Crippen molar-refractivity contribution in [2.45, 2.75) is 149 Å². The lowest BCUT2D eigenvalue weighted by Gasteiger charge is -2.16. The number of nitrogens with one attached hydrogen (secondary N) is 2. The van der Waals surface area contributed by atoms with Gasteiger partial charge < -0.3 is 20.4 Å². The highest BCUT2D eigenvalue weighted by atomic mass is 16.2. The maximum absolute atomic E-state index is 12.5. The Labute approximate surface area is 301 Å². The topological polar surface area (TPSA) is 64.7 Å². The number of nitrogens with zero attached hydrogens (tertiary/aromatic N) is 2. The summed E-state index contributed by atoms with van der Waals surface area (Å²) < 4.78 is 0. The first-order chi connectivity index (χ1) is 23.9. The predicted molar refractivity (Wildman–Crippen MR) is 212 cm³/mol. The van der Waals surface area contributed by atoms with E-state index in [1.807, 2.05) is 24.3 Å². The van der Waals surface area contributed by atoms with E-state index in [9.17, 15) is 9.59 Å². The highest BCUT2D eigenvalue weighted by Gasteiger charge is 2.08. The molecule has 0 spiro atoms. The third kappa shape index (κ3) is 22.6. The van der Waals surface area contributed by atoms with Crippen LogP contribution in [0, 0.1) is 0 Å². The molecule has 49 heavy (non-hydrogen) atoms. The first kappa shape index (κ1) is 42.5. The summed E-state index contributed by atoms with van der Waals surface area (Å²) in [7, 11) is 4.24. The van der Waals surface area contributed by atoms with Crippen LogP contribution in [0.3, 0.4) is 0 Å². The lowest BCUT2D eigenvalue weighted by atomic mass is 10.0. The summed E-state index contributed by atoms with van der Waals surface area (Å²) in [6.07, 6.45) is 25.9. The van der Waals surface area contributed by atoms with Crippen LogP contribution in [0.25, 0.3) is 0 Å². The Morgan fingerprint density at radius 1 is 0.449 bits per heavy atom. The standard InChI is InChI=1S/C43H72N4O2/c1-5-7-9-11-13-15-17-19-21-33-46(3)35-31-42(48)44-40-27-23-38(24-28-40)37-39-25-29-41(30-26-39)45-43(49)32-36-47(4)34-22-20-18-16-14-12-10-8-6-2/h23-30H,5-22,31-37H2,1-4H3,(H,44,48)(H,45,49). The van der Waals surface area contributed by atoms with Crippen molar-refractivity contribution in [1.29, 1.82) is 0 Å². The number of amides is 2. The van der Waals surface area contributed by atoms with Crippen LogP contribution in [0.4, 0.5) is 11.4 Å². The van der Waals surface area contributed by atoms with Crippen molar-refractivity contribution in [3.05, 3.63) is 59.7 Å². The Morgan fingerprint density at radius 3 is 1.08 bits per heavy atom.